The Morgan fingerprint density at radius 1 is 1.46 bits per heavy atom. The molecule has 3 rings (SSSR count). The van der Waals surface area contributed by atoms with Gasteiger partial charge in [-0.2, -0.15) is 0 Å². The van der Waals surface area contributed by atoms with E-state index in [1.807, 2.05) is 0 Å². The quantitative estimate of drug-likeness (QED) is 0.830. The van der Waals surface area contributed by atoms with Crippen LogP contribution in [0.2, 0.25) is 0 Å². The Hall–Kier alpha value is -2.81. The molecule has 1 aromatic carbocycles. The van der Waals surface area contributed by atoms with Gasteiger partial charge in [0, 0.05) is 18.3 Å². The number of carbonyl (C=O) groups excluding carboxylic acids is 2. The molecule has 0 saturated carbocycles. The number of carboxylic acid groups (broad SMARTS) is 1. The summed E-state index contributed by atoms with van der Waals surface area (Å²) in [5.74, 6) is -2.88. The Morgan fingerprint density at radius 2 is 2.23 bits per heavy atom. The summed E-state index contributed by atoms with van der Waals surface area (Å²) in [6.45, 7) is 1.94. The maximum absolute atomic E-state index is 14.1. The zero-order valence-corrected chi connectivity index (χ0v) is 14.7. The highest BCUT2D eigenvalue weighted by Gasteiger charge is 2.36. The molecule has 1 atom stereocenters. The zero-order valence-electron chi connectivity index (χ0n) is 13.9. The summed E-state index contributed by atoms with van der Waals surface area (Å²) in [7, 11) is 0. The highest BCUT2D eigenvalue weighted by molar-refractivity contribution is 7.09. The summed E-state index contributed by atoms with van der Waals surface area (Å²) in [5.41, 5.74) is 0.842. The molecule has 2 heterocycles. The van der Waals surface area contributed by atoms with Gasteiger partial charge in [0.25, 0.3) is 0 Å². The molecule has 1 saturated heterocycles. The van der Waals surface area contributed by atoms with Crippen LogP contribution in [0.25, 0.3) is 0 Å². The molecule has 1 fully saturated rings. The van der Waals surface area contributed by atoms with Gasteiger partial charge in [-0.1, -0.05) is 6.07 Å². The number of hydrogen-bond donors (Lipinski definition) is 2. The normalized spacial score (nSPS) is 16.8. The van der Waals surface area contributed by atoms with Gasteiger partial charge in [0.1, 0.15) is 10.8 Å². The SMILES string of the molecule is Cc1ccc(N2CC(C(=O)NCc3nc(C(=O)O)cs3)CC2=O)c(F)c1. The largest absolute Gasteiger partial charge is 0.476 e. The van der Waals surface area contributed by atoms with Crippen LogP contribution in [0.5, 0.6) is 0 Å². The number of carboxylic acids is 1. The maximum Gasteiger partial charge on any atom is 0.355 e. The van der Waals surface area contributed by atoms with Gasteiger partial charge in [0.05, 0.1) is 18.2 Å². The smallest absolute Gasteiger partial charge is 0.355 e. The molecule has 1 aromatic heterocycles. The minimum Gasteiger partial charge on any atom is -0.476 e. The lowest BCUT2D eigenvalue weighted by Gasteiger charge is -2.17. The Balaban J connectivity index is 1.62. The van der Waals surface area contributed by atoms with Crippen LogP contribution in [-0.2, 0) is 16.1 Å². The fraction of sp³-hybridized carbons (Fsp3) is 0.294. The topological polar surface area (TPSA) is 99.6 Å². The number of anilines is 1. The Bertz CT molecular complexity index is 883. The van der Waals surface area contributed by atoms with E-state index in [1.165, 1.54) is 22.4 Å². The first kappa shape index (κ1) is 18.0. The molecule has 0 radical (unpaired) electrons. The van der Waals surface area contributed by atoms with Crippen LogP contribution in [0.15, 0.2) is 23.6 Å². The van der Waals surface area contributed by atoms with Gasteiger partial charge in [0.15, 0.2) is 5.69 Å². The molecule has 9 heteroatoms. The molecule has 1 unspecified atom stereocenters. The number of aryl methyl sites for hydroxylation is 1. The molecule has 1 aliphatic rings. The number of aromatic nitrogens is 1. The van der Waals surface area contributed by atoms with E-state index in [-0.39, 0.29) is 42.7 Å². The number of thiazole rings is 1. The van der Waals surface area contributed by atoms with Crippen LogP contribution < -0.4 is 10.2 Å². The van der Waals surface area contributed by atoms with Crippen molar-refractivity contribution in [2.45, 2.75) is 19.9 Å². The first-order valence-corrected chi connectivity index (χ1v) is 8.75. The molecule has 26 heavy (non-hydrogen) atoms. The third kappa shape index (κ3) is 3.72. The third-order valence-corrected chi connectivity index (χ3v) is 4.92. The molecular weight excluding hydrogens is 361 g/mol. The van der Waals surface area contributed by atoms with Crippen molar-refractivity contribution in [3.63, 3.8) is 0 Å². The Labute approximate surface area is 152 Å². The van der Waals surface area contributed by atoms with E-state index >= 15 is 0 Å². The van der Waals surface area contributed by atoms with Gasteiger partial charge < -0.3 is 15.3 Å². The average Bonchev–Trinajstić information content (AvgIpc) is 3.20. The molecule has 7 nitrogen and oxygen atoms in total. The number of benzene rings is 1. The maximum atomic E-state index is 14.1. The summed E-state index contributed by atoms with van der Waals surface area (Å²) in [6.07, 6.45) is -0.00258. The van der Waals surface area contributed by atoms with Gasteiger partial charge in [-0.05, 0) is 24.6 Å². The van der Waals surface area contributed by atoms with Gasteiger partial charge in [-0.25, -0.2) is 14.2 Å². The molecule has 2 N–H and O–H groups in total. The second-order valence-electron chi connectivity index (χ2n) is 6.01. The van der Waals surface area contributed by atoms with Crippen molar-refractivity contribution in [2.24, 2.45) is 5.92 Å². The van der Waals surface area contributed by atoms with Crippen molar-refractivity contribution in [3.8, 4) is 0 Å². The van der Waals surface area contributed by atoms with Crippen LogP contribution in [-0.4, -0.2) is 34.4 Å². The number of aromatic carboxylic acids is 1. The number of hydrogen-bond acceptors (Lipinski definition) is 5. The molecule has 2 aromatic rings. The van der Waals surface area contributed by atoms with E-state index in [9.17, 15) is 18.8 Å². The predicted octanol–water partition coefficient (Wildman–Crippen LogP) is 1.96. The van der Waals surface area contributed by atoms with Crippen LogP contribution in [0.3, 0.4) is 0 Å². The van der Waals surface area contributed by atoms with E-state index in [1.54, 1.807) is 13.0 Å². The van der Waals surface area contributed by atoms with Crippen LogP contribution >= 0.6 is 11.3 Å². The predicted molar refractivity (Wildman–Crippen MR) is 92.5 cm³/mol. The molecule has 0 spiro atoms. The van der Waals surface area contributed by atoms with E-state index < -0.39 is 17.7 Å². The average molecular weight is 377 g/mol. The fourth-order valence-electron chi connectivity index (χ4n) is 2.74. The lowest BCUT2D eigenvalue weighted by molar-refractivity contribution is -0.126. The van der Waals surface area contributed by atoms with Crippen molar-refractivity contribution in [2.75, 3.05) is 11.4 Å². The summed E-state index contributed by atoms with van der Waals surface area (Å²) < 4.78 is 14.1. The standard InChI is InChI=1S/C17H16FN3O4S/c1-9-2-3-13(11(18)4-9)21-7-10(5-15(21)22)16(23)19-6-14-20-12(8-26-14)17(24)25/h2-4,8,10H,5-7H2,1H3,(H,19,23)(H,24,25). The van der Waals surface area contributed by atoms with Gasteiger partial charge in [0.2, 0.25) is 11.8 Å². The summed E-state index contributed by atoms with van der Waals surface area (Å²) >= 11 is 1.13. The van der Waals surface area contributed by atoms with Crippen molar-refractivity contribution < 1.29 is 23.9 Å². The fourth-order valence-corrected chi connectivity index (χ4v) is 3.45. The van der Waals surface area contributed by atoms with Crippen molar-refractivity contribution in [1.82, 2.24) is 10.3 Å². The second kappa shape index (κ2) is 7.20. The second-order valence-corrected chi connectivity index (χ2v) is 6.95. The number of amides is 2. The number of halogens is 1. The first-order chi connectivity index (χ1) is 12.3. The van der Waals surface area contributed by atoms with E-state index in [2.05, 4.69) is 10.3 Å². The number of carbonyl (C=O) groups is 3. The zero-order chi connectivity index (χ0) is 18.8. The molecule has 0 bridgehead atoms. The molecule has 2 amide bonds. The minimum absolute atomic E-state index is 0.00258. The van der Waals surface area contributed by atoms with Crippen molar-refractivity contribution in [1.29, 1.82) is 0 Å². The third-order valence-electron chi connectivity index (χ3n) is 4.07. The molecular formula is C17H16FN3O4S. The summed E-state index contributed by atoms with van der Waals surface area (Å²) in [4.78, 5) is 40.4. The van der Waals surface area contributed by atoms with E-state index in [4.69, 9.17) is 5.11 Å². The molecule has 0 aliphatic carbocycles. The molecule has 136 valence electrons. The summed E-state index contributed by atoms with van der Waals surface area (Å²) in [6, 6.07) is 4.59. The van der Waals surface area contributed by atoms with Crippen LogP contribution in [0, 0.1) is 18.7 Å². The van der Waals surface area contributed by atoms with Gasteiger partial charge >= 0.3 is 5.97 Å². The number of nitrogens with zero attached hydrogens (tertiary/aromatic N) is 2. The van der Waals surface area contributed by atoms with Crippen molar-refractivity contribution in [3.05, 3.63) is 45.7 Å². The highest BCUT2D eigenvalue weighted by atomic mass is 32.1. The van der Waals surface area contributed by atoms with E-state index in [0.717, 1.165) is 16.9 Å². The lowest BCUT2D eigenvalue weighted by Crippen LogP contribution is -2.32. The first-order valence-electron chi connectivity index (χ1n) is 7.87. The van der Waals surface area contributed by atoms with Crippen molar-refractivity contribution >= 4 is 34.8 Å². The molecule has 1 aliphatic heterocycles. The van der Waals surface area contributed by atoms with Crippen LogP contribution in [0.1, 0.15) is 27.5 Å². The Morgan fingerprint density at radius 3 is 2.88 bits per heavy atom. The monoisotopic (exact) mass is 377 g/mol. The van der Waals surface area contributed by atoms with Gasteiger partial charge in [-0.3, -0.25) is 9.59 Å². The minimum atomic E-state index is -1.13. The van der Waals surface area contributed by atoms with Crippen LogP contribution in [0.4, 0.5) is 10.1 Å². The van der Waals surface area contributed by atoms with E-state index in [0.29, 0.717) is 5.01 Å². The highest BCUT2D eigenvalue weighted by Crippen LogP contribution is 2.28. The Kier molecular flexibility index (Phi) is 4.99. The lowest BCUT2D eigenvalue weighted by atomic mass is 10.1. The van der Waals surface area contributed by atoms with Gasteiger partial charge in [-0.15, -0.1) is 11.3 Å². The summed E-state index contributed by atoms with van der Waals surface area (Å²) in [5, 5.41) is 13.3. The number of rotatable bonds is 5. The number of nitrogens with one attached hydrogen (secondary N) is 1.